The summed E-state index contributed by atoms with van der Waals surface area (Å²) in [7, 11) is 0. The van der Waals surface area contributed by atoms with Crippen LogP contribution in [-0.4, -0.2) is 67.5 Å². The monoisotopic (exact) mass is 802 g/mol. The Bertz CT molecular complexity index is 343. The first-order chi connectivity index (χ1) is 6.00. The Kier molecular flexibility index (Phi) is 83.1. The first-order valence-electron chi connectivity index (χ1n) is 2.00. The molecule has 0 fully saturated rings. The number of hydrogen-bond donors (Lipinski definition) is 0. The van der Waals surface area contributed by atoms with Crippen LogP contribution in [0.3, 0.4) is 0 Å². The van der Waals surface area contributed by atoms with E-state index in [0.29, 0.717) is 0 Å². The average Bonchev–Trinajstić information content (AvgIpc) is 1.41. The van der Waals surface area contributed by atoms with E-state index in [-0.39, 0.29) is 111 Å². The van der Waals surface area contributed by atoms with Crippen LogP contribution in [0.1, 0.15) is 0 Å². The smallest absolute Gasteiger partial charge is 3.00 e. The molecule has 0 aromatic heterocycles. The summed E-state index contributed by atoms with van der Waals surface area (Å²) in [5.74, 6) is 0. The van der Waals surface area contributed by atoms with E-state index in [2.05, 4.69) is 0 Å². The molecule has 2 radical (unpaired) electrons. The van der Waals surface area contributed by atoms with E-state index >= 15 is 0 Å². The van der Waals surface area contributed by atoms with E-state index < -0.39 is 40.1 Å². The van der Waals surface area contributed by atoms with Crippen molar-refractivity contribution in [2.45, 2.75) is 0 Å². The molecule has 17 nitrogen and oxygen atoms in total. The fraction of sp³-hybridized carbons (Fsp3) is 0. The minimum atomic E-state index is -5.75. The van der Waals surface area contributed by atoms with Crippen LogP contribution in [0.15, 0.2) is 0 Å². The zero-order valence-corrected chi connectivity index (χ0v) is 21.0. The van der Waals surface area contributed by atoms with Crippen molar-refractivity contribution in [1.29, 1.82) is 0 Å². The molecule has 0 amide bonds. The zero-order chi connectivity index (χ0) is 13.5. The predicted molar refractivity (Wildman–Crippen MR) is 39.5 cm³/mol. The summed E-state index contributed by atoms with van der Waals surface area (Å²) in [5.41, 5.74) is 0. The van der Waals surface area contributed by atoms with Gasteiger partial charge in [-0.15, -0.1) is 0 Å². The van der Waals surface area contributed by atoms with E-state index in [1.54, 1.807) is 0 Å². The fourth-order valence-electron chi connectivity index (χ4n) is 0. The number of rotatable bonds is 0. The van der Waals surface area contributed by atoms with Gasteiger partial charge in [-0.2, -0.15) is 0 Å². The van der Waals surface area contributed by atoms with Gasteiger partial charge in [0.1, 0.15) is 0 Å². The topological polar surface area (TPSA) is 398 Å². The fourth-order valence-corrected chi connectivity index (χ4v) is 0. The van der Waals surface area contributed by atoms with Gasteiger partial charge in [-0.25, -0.2) is 0 Å². The second-order valence-corrected chi connectivity index (χ2v) is 6.36. The van der Waals surface area contributed by atoms with Gasteiger partial charge in [0.2, 0.25) is 0 Å². The van der Waals surface area contributed by atoms with Crippen LogP contribution in [0.4, 0.5) is 0 Å². The van der Waals surface area contributed by atoms with Gasteiger partial charge in [0.25, 0.3) is 0 Å². The third-order valence-corrected chi connectivity index (χ3v) is 0. The van der Waals surface area contributed by atoms with E-state index in [1.165, 1.54) is 0 Å². The van der Waals surface area contributed by atoms with Crippen LogP contribution < -0.4 is 25.1 Å². The van der Waals surface area contributed by atoms with Gasteiger partial charge in [-0.05, 0) is 0 Å². The molecule has 0 saturated heterocycles. The van der Waals surface area contributed by atoms with Gasteiger partial charge in [0.15, 0.2) is 0 Å². The Morgan fingerprint density at radius 2 is 0.364 bits per heavy atom. The van der Waals surface area contributed by atoms with E-state index in [9.17, 15) is 0 Å². The molecule has 0 rings (SSSR count). The molecule has 0 heterocycles. The molecule has 0 unspecified atom stereocenters. The van der Waals surface area contributed by atoms with Gasteiger partial charge >= 0.3 is 172 Å². The normalized spacial score (nSPS) is 7.91. The minimum absolute atomic E-state index is 0. The maximum absolute atomic E-state index is 8.59. The first kappa shape index (κ1) is 64.2. The van der Waals surface area contributed by atoms with Crippen LogP contribution in [0.2, 0.25) is 0 Å². The maximum Gasteiger partial charge on any atom is 3.00 e. The van der Waals surface area contributed by atoms with Crippen molar-refractivity contribution in [3.63, 3.8) is 0 Å². The quantitative estimate of drug-likeness (QED) is 0.206. The predicted octanol–water partition coefficient (Wildman–Crippen LogP) is -13.1. The van der Waals surface area contributed by atoms with Gasteiger partial charge in [-0.3, -0.25) is 0 Å². The van der Waals surface area contributed by atoms with E-state index in [0.717, 1.165) is 0 Å². The van der Waals surface area contributed by atoms with Crippen LogP contribution in [0, 0.1) is 83.5 Å². The largest absolute Gasteiger partial charge is 3.00 e. The molecule has 10 N–H and O–H groups in total. The molecule has 0 atom stereocenters. The average molecular weight is 799 g/mol. The van der Waals surface area contributed by atoms with Crippen molar-refractivity contribution in [2.75, 3.05) is 0 Å². The molecule has 22 heteroatoms. The van der Waals surface area contributed by atoms with Crippen molar-refractivity contribution < 1.29 is 159 Å². The molecule has 0 aromatic carbocycles. The van der Waals surface area contributed by atoms with Gasteiger partial charge in [0, 0.05) is 0 Å². The summed E-state index contributed by atoms with van der Waals surface area (Å²) in [6, 6.07) is 0. The molecular formula is H10Ce2O17Se3. The number of hydrogen-bond acceptors (Lipinski definition) is 12. The molecule has 0 aliphatic heterocycles. The second-order valence-electron chi connectivity index (χ2n) is 1.22. The van der Waals surface area contributed by atoms with E-state index in [4.69, 9.17) is 48.1 Å². The summed E-state index contributed by atoms with van der Waals surface area (Å²) in [4.78, 5) is 0. The zero-order valence-electron chi connectivity index (χ0n) is 9.62. The molecule has 22 heavy (non-hydrogen) atoms. The van der Waals surface area contributed by atoms with Gasteiger partial charge in [0.05, 0.1) is 0 Å². The Hall–Kier alpha value is 2.67. The van der Waals surface area contributed by atoms with Crippen LogP contribution >= 0.6 is 0 Å². The summed E-state index contributed by atoms with van der Waals surface area (Å²) < 4.78 is 103. The Morgan fingerprint density at radius 3 is 0.364 bits per heavy atom. The van der Waals surface area contributed by atoms with Crippen molar-refractivity contribution in [3.8, 4) is 0 Å². The molecular weight excluding hydrogens is 789 g/mol. The molecule has 0 spiro atoms. The summed E-state index contributed by atoms with van der Waals surface area (Å²) in [6.45, 7) is 0. The van der Waals surface area contributed by atoms with Gasteiger partial charge < -0.3 is 27.4 Å². The van der Waals surface area contributed by atoms with Crippen molar-refractivity contribution in [2.24, 2.45) is 0 Å². The Balaban J connectivity index is -0.0000000106. The Labute approximate surface area is 195 Å². The Morgan fingerprint density at radius 1 is 0.364 bits per heavy atom. The third kappa shape index (κ3) is 1490. The molecule has 0 aromatic rings. The maximum atomic E-state index is 8.59. The molecule has 0 bridgehead atoms. The summed E-state index contributed by atoms with van der Waals surface area (Å²) in [5, 5.41) is 0. The SMILES string of the molecule is O.O.O.O.O.O=[Se](=O)([O-])[O-].O=[Se](=O)([O-])[O-].O=[Se](=O)([O-])[O-].[Ce+3].[Ce+3]. The van der Waals surface area contributed by atoms with Crippen LogP contribution in [0.25, 0.3) is 0 Å². The molecule has 0 aliphatic carbocycles. The minimum Gasteiger partial charge on any atom is 3.00 e. The molecule has 138 valence electrons. The summed E-state index contributed by atoms with van der Waals surface area (Å²) in [6.07, 6.45) is 0. The molecule has 0 saturated carbocycles. The third-order valence-electron chi connectivity index (χ3n) is 0. The van der Waals surface area contributed by atoms with Crippen molar-refractivity contribution in [3.05, 3.63) is 0 Å². The van der Waals surface area contributed by atoms with Crippen LogP contribution in [-0.2, 0) is 23.0 Å². The molecule has 0 aliphatic rings. The van der Waals surface area contributed by atoms with Crippen molar-refractivity contribution >= 4 is 40.1 Å². The van der Waals surface area contributed by atoms with Gasteiger partial charge in [-0.1, -0.05) is 0 Å². The summed E-state index contributed by atoms with van der Waals surface area (Å²) >= 11 is -17.2. The standard InChI is InChI=1S/2Ce.3H2O4Se.5H2O/c;;3*1-5(2,3)4;;;;;/h;;3*(H2,1,2,3,4);5*1H2/q2*+3;;;;;;;;/p-6. The first-order valence-corrected chi connectivity index (χ1v) is 10.4. The van der Waals surface area contributed by atoms with Crippen LogP contribution in [0.5, 0.6) is 0 Å². The van der Waals surface area contributed by atoms with E-state index in [1.807, 2.05) is 0 Å². The second kappa shape index (κ2) is 28.5. The van der Waals surface area contributed by atoms with Crippen molar-refractivity contribution in [1.82, 2.24) is 0 Å².